The van der Waals surface area contributed by atoms with Crippen molar-refractivity contribution >= 4 is 5.97 Å². The van der Waals surface area contributed by atoms with E-state index in [-0.39, 0.29) is 6.42 Å². The number of allylic oxidation sites excluding steroid dienone is 2. The first-order valence-corrected chi connectivity index (χ1v) is 4.71. The number of rotatable bonds is 7. The third-order valence-electron chi connectivity index (χ3n) is 1.76. The minimum atomic E-state index is -0.844. The molecule has 0 amide bonds. The van der Waals surface area contributed by atoms with Crippen molar-refractivity contribution < 1.29 is 15.0 Å². The molecular weight excluding hydrogens is 168 g/mol. The Kier molecular flexibility index (Phi) is 7.30. The molecule has 13 heavy (non-hydrogen) atoms. The first-order chi connectivity index (χ1) is 6.16. The van der Waals surface area contributed by atoms with E-state index in [0.717, 1.165) is 12.8 Å². The average molecular weight is 186 g/mol. The van der Waals surface area contributed by atoms with Crippen LogP contribution >= 0.6 is 0 Å². The standard InChI is InChI=1S/C10H18O3/c1-2-3-4-5-6-9(11)7-8-10(12)13/h3-4,9,11H,2,5-8H2,1H3,(H,12,13). The van der Waals surface area contributed by atoms with Crippen molar-refractivity contribution in [2.45, 2.75) is 45.1 Å². The Hall–Kier alpha value is -0.830. The zero-order chi connectivity index (χ0) is 10.1. The van der Waals surface area contributed by atoms with Gasteiger partial charge in [-0.25, -0.2) is 0 Å². The molecule has 0 aromatic carbocycles. The Bertz CT molecular complexity index is 164. The maximum absolute atomic E-state index is 10.2. The molecule has 0 aliphatic rings. The second kappa shape index (κ2) is 7.80. The summed E-state index contributed by atoms with van der Waals surface area (Å²) < 4.78 is 0. The second-order valence-corrected chi connectivity index (χ2v) is 3.04. The molecule has 76 valence electrons. The van der Waals surface area contributed by atoms with E-state index >= 15 is 0 Å². The summed E-state index contributed by atoms with van der Waals surface area (Å²) in [5, 5.41) is 17.6. The molecule has 1 unspecified atom stereocenters. The normalized spacial score (nSPS) is 13.4. The summed E-state index contributed by atoms with van der Waals surface area (Å²) in [6, 6.07) is 0. The molecule has 0 saturated carbocycles. The molecule has 1 atom stereocenters. The van der Waals surface area contributed by atoms with Gasteiger partial charge in [-0.2, -0.15) is 0 Å². The quantitative estimate of drug-likeness (QED) is 0.597. The topological polar surface area (TPSA) is 57.5 Å². The van der Waals surface area contributed by atoms with Gasteiger partial charge in [-0.05, 0) is 25.7 Å². The molecule has 0 spiro atoms. The lowest BCUT2D eigenvalue weighted by molar-refractivity contribution is -0.137. The Morgan fingerprint density at radius 1 is 1.38 bits per heavy atom. The zero-order valence-corrected chi connectivity index (χ0v) is 8.07. The Balaban J connectivity index is 3.34. The molecule has 0 heterocycles. The summed E-state index contributed by atoms with van der Waals surface area (Å²) in [5.74, 6) is -0.844. The lowest BCUT2D eigenvalue weighted by atomic mass is 10.1. The van der Waals surface area contributed by atoms with Crippen molar-refractivity contribution in [2.75, 3.05) is 0 Å². The number of hydrogen-bond acceptors (Lipinski definition) is 2. The van der Waals surface area contributed by atoms with E-state index in [2.05, 4.69) is 6.92 Å². The van der Waals surface area contributed by atoms with Crippen molar-refractivity contribution in [3.63, 3.8) is 0 Å². The molecule has 0 rings (SSSR count). The molecule has 0 radical (unpaired) electrons. The highest BCUT2D eigenvalue weighted by Crippen LogP contribution is 2.05. The number of carbonyl (C=O) groups is 1. The van der Waals surface area contributed by atoms with Gasteiger partial charge in [-0.15, -0.1) is 0 Å². The molecule has 0 aromatic heterocycles. The summed E-state index contributed by atoms with van der Waals surface area (Å²) in [7, 11) is 0. The largest absolute Gasteiger partial charge is 0.481 e. The van der Waals surface area contributed by atoms with Gasteiger partial charge in [0.1, 0.15) is 0 Å². The number of hydrogen-bond donors (Lipinski definition) is 2. The summed E-state index contributed by atoms with van der Waals surface area (Å²) in [6.45, 7) is 2.05. The first kappa shape index (κ1) is 12.2. The van der Waals surface area contributed by atoms with Gasteiger partial charge in [0.25, 0.3) is 0 Å². The fraction of sp³-hybridized carbons (Fsp3) is 0.700. The van der Waals surface area contributed by atoms with Crippen molar-refractivity contribution in [3.05, 3.63) is 12.2 Å². The Labute approximate surface area is 79.1 Å². The van der Waals surface area contributed by atoms with Gasteiger partial charge in [0.2, 0.25) is 0 Å². The number of carboxylic acids is 1. The highest BCUT2D eigenvalue weighted by molar-refractivity contribution is 5.66. The number of aliphatic hydroxyl groups is 1. The lowest BCUT2D eigenvalue weighted by Gasteiger charge is -2.06. The molecular formula is C10H18O3. The van der Waals surface area contributed by atoms with Gasteiger partial charge in [-0.1, -0.05) is 19.1 Å². The van der Waals surface area contributed by atoms with E-state index in [4.69, 9.17) is 5.11 Å². The smallest absolute Gasteiger partial charge is 0.303 e. The van der Waals surface area contributed by atoms with Gasteiger partial charge in [-0.3, -0.25) is 4.79 Å². The van der Waals surface area contributed by atoms with Gasteiger partial charge in [0.15, 0.2) is 0 Å². The second-order valence-electron chi connectivity index (χ2n) is 3.04. The van der Waals surface area contributed by atoms with Crippen molar-refractivity contribution in [3.8, 4) is 0 Å². The molecule has 0 saturated heterocycles. The van der Waals surface area contributed by atoms with Crippen LogP contribution in [0.4, 0.5) is 0 Å². The Morgan fingerprint density at radius 3 is 2.62 bits per heavy atom. The van der Waals surface area contributed by atoms with E-state index in [1.165, 1.54) is 0 Å². The molecule has 3 nitrogen and oxygen atoms in total. The molecule has 2 N–H and O–H groups in total. The van der Waals surface area contributed by atoms with Crippen LogP contribution < -0.4 is 0 Å². The van der Waals surface area contributed by atoms with Gasteiger partial charge in [0.05, 0.1) is 6.10 Å². The molecule has 0 bridgehead atoms. The third-order valence-corrected chi connectivity index (χ3v) is 1.76. The fourth-order valence-electron chi connectivity index (χ4n) is 1.01. The van der Waals surface area contributed by atoms with Crippen LogP contribution in [0, 0.1) is 0 Å². The van der Waals surface area contributed by atoms with E-state index in [0.29, 0.717) is 12.8 Å². The average Bonchev–Trinajstić information content (AvgIpc) is 2.09. The summed E-state index contributed by atoms with van der Waals surface area (Å²) >= 11 is 0. The minimum Gasteiger partial charge on any atom is -0.481 e. The number of aliphatic carboxylic acids is 1. The monoisotopic (exact) mass is 186 g/mol. The van der Waals surface area contributed by atoms with Crippen LogP contribution in [0.5, 0.6) is 0 Å². The van der Waals surface area contributed by atoms with Crippen LogP contribution in [0.2, 0.25) is 0 Å². The summed E-state index contributed by atoms with van der Waals surface area (Å²) in [5.41, 5.74) is 0. The van der Waals surface area contributed by atoms with Gasteiger partial charge < -0.3 is 10.2 Å². The van der Waals surface area contributed by atoms with Crippen LogP contribution in [-0.4, -0.2) is 22.3 Å². The SMILES string of the molecule is CCC=CCCC(O)CCC(=O)O. The zero-order valence-electron chi connectivity index (χ0n) is 8.07. The number of carboxylic acid groups (broad SMARTS) is 1. The van der Waals surface area contributed by atoms with E-state index in [9.17, 15) is 9.90 Å². The minimum absolute atomic E-state index is 0.0542. The van der Waals surface area contributed by atoms with Crippen LogP contribution in [0.25, 0.3) is 0 Å². The van der Waals surface area contributed by atoms with Crippen LogP contribution in [0.15, 0.2) is 12.2 Å². The predicted octanol–water partition coefficient (Wildman–Crippen LogP) is 1.96. The first-order valence-electron chi connectivity index (χ1n) is 4.71. The maximum atomic E-state index is 10.2. The summed E-state index contributed by atoms with van der Waals surface area (Å²) in [4.78, 5) is 10.2. The van der Waals surface area contributed by atoms with E-state index < -0.39 is 12.1 Å². The molecule has 0 aromatic rings. The fourth-order valence-corrected chi connectivity index (χ4v) is 1.01. The molecule has 0 aliphatic heterocycles. The number of aliphatic hydroxyl groups excluding tert-OH is 1. The molecule has 0 fully saturated rings. The van der Waals surface area contributed by atoms with Gasteiger partial charge >= 0.3 is 5.97 Å². The van der Waals surface area contributed by atoms with Crippen molar-refractivity contribution in [1.82, 2.24) is 0 Å². The summed E-state index contributed by atoms with van der Waals surface area (Å²) in [6.07, 6.45) is 6.49. The van der Waals surface area contributed by atoms with Crippen molar-refractivity contribution in [2.24, 2.45) is 0 Å². The molecule has 3 heteroatoms. The third kappa shape index (κ3) is 9.08. The Morgan fingerprint density at radius 2 is 2.08 bits per heavy atom. The highest BCUT2D eigenvalue weighted by Gasteiger charge is 2.05. The van der Waals surface area contributed by atoms with Gasteiger partial charge in [0, 0.05) is 6.42 Å². The highest BCUT2D eigenvalue weighted by atomic mass is 16.4. The lowest BCUT2D eigenvalue weighted by Crippen LogP contribution is -2.08. The van der Waals surface area contributed by atoms with Crippen LogP contribution in [0.3, 0.4) is 0 Å². The predicted molar refractivity (Wildman–Crippen MR) is 51.5 cm³/mol. The maximum Gasteiger partial charge on any atom is 0.303 e. The molecule has 0 aliphatic carbocycles. The van der Waals surface area contributed by atoms with E-state index in [1.807, 2.05) is 12.2 Å². The van der Waals surface area contributed by atoms with Crippen LogP contribution in [0.1, 0.15) is 39.0 Å². The van der Waals surface area contributed by atoms with E-state index in [1.54, 1.807) is 0 Å². The van der Waals surface area contributed by atoms with Crippen LogP contribution in [-0.2, 0) is 4.79 Å². The van der Waals surface area contributed by atoms with Crippen molar-refractivity contribution in [1.29, 1.82) is 0 Å².